The second-order valence-corrected chi connectivity index (χ2v) is 6.44. The Balaban J connectivity index is 1.82. The van der Waals surface area contributed by atoms with E-state index in [-0.39, 0.29) is 11.9 Å². The predicted octanol–water partition coefficient (Wildman–Crippen LogP) is 4.10. The molecule has 1 aliphatic carbocycles. The molecule has 1 unspecified atom stereocenters. The van der Waals surface area contributed by atoms with Crippen molar-refractivity contribution in [2.24, 2.45) is 0 Å². The number of amides is 1. The normalized spacial score (nSPS) is 16.6. The molecular weight excluding hydrogens is 352 g/mol. The molecule has 0 radical (unpaired) electrons. The van der Waals surface area contributed by atoms with Crippen LogP contribution in [0.1, 0.15) is 33.9 Å². The highest BCUT2D eigenvalue weighted by molar-refractivity contribution is 9.10. The maximum absolute atomic E-state index is 12.4. The monoisotopic (exact) mass is 364 g/mol. The van der Waals surface area contributed by atoms with E-state index in [2.05, 4.69) is 21.2 Å². The van der Waals surface area contributed by atoms with Gasteiger partial charge in [-0.2, -0.15) is 0 Å². The summed E-state index contributed by atoms with van der Waals surface area (Å²) in [5, 5.41) is 3.61. The largest absolute Gasteiger partial charge is 0.399 e. The Morgan fingerprint density at radius 1 is 1.29 bits per heavy atom. The number of anilines is 1. The standard InChI is InChI=1S/C16H14BrClN2O/c17-14-5-2-10(18)8-13(14)16(21)20-15-6-1-9-7-11(19)3-4-12(9)15/h2-5,7-8,15H,1,6,19H2,(H,20,21). The van der Waals surface area contributed by atoms with Crippen molar-refractivity contribution in [3.63, 3.8) is 0 Å². The molecule has 108 valence electrons. The van der Waals surface area contributed by atoms with Gasteiger partial charge in [0.15, 0.2) is 0 Å². The van der Waals surface area contributed by atoms with Gasteiger partial charge in [0.05, 0.1) is 11.6 Å². The summed E-state index contributed by atoms with van der Waals surface area (Å²) in [7, 11) is 0. The minimum Gasteiger partial charge on any atom is -0.399 e. The van der Waals surface area contributed by atoms with E-state index in [1.807, 2.05) is 18.2 Å². The fourth-order valence-corrected chi connectivity index (χ4v) is 3.29. The zero-order chi connectivity index (χ0) is 15.0. The second kappa shape index (κ2) is 5.70. The molecule has 0 saturated carbocycles. The molecule has 1 atom stereocenters. The molecule has 0 aromatic heterocycles. The topological polar surface area (TPSA) is 55.1 Å². The molecule has 21 heavy (non-hydrogen) atoms. The first-order valence-electron chi connectivity index (χ1n) is 6.69. The first-order chi connectivity index (χ1) is 10.0. The summed E-state index contributed by atoms with van der Waals surface area (Å²) in [6, 6.07) is 11.1. The van der Waals surface area contributed by atoms with Crippen LogP contribution >= 0.6 is 27.5 Å². The molecule has 0 saturated heterocycles. The fraction of sp³-hybridized carbons (Fsp3) is 0.188. The van der Waals surface area contributed by atoms with Gasteiger partial charge in [-0.3, -0.25) is 4.79 Å². The zero-order valence-corrected chi connectivity index (χ0v) is 13.5. The number of fused-ring (bicyclic) bond motifs is 1. The Labute approximate surface area is 136 Å². The number of nitrogen functional groups attached to an aromatic ring is 1. The van der Waals surface area contributed by atoms with Crippen LogP contribution in [0.3, 0.4) is 0 Å². The van der Waals surface area contributed by atoms with E-state index >= 15 is 0 Å². The average Bonchev–Trinajstić information content (AvgIpc) is 2.83. The second-order valence-electron chi connectivity index (χ2n) is 5.15. The first kappa shape index (κ1) is 14.4. The highest BCUT2D eigenvalue weighted by Gasteiger charge is 2.25. The van der Waals surface area contributed by atoms with Crippen LogP contribution < -0.4 is 11.1 Å². The van der Waals surface area contributed by atoms with Crippen molar-refractivity contribution in [1.29, 1.82) is 0 Å². The molecule has 0 aliphatic heterocycles. The van der Waals surface area contributed by atoms with Crippen LogP contribution in [0.4, 0.5) is 5.69 Å². The number of carbonyl (C=O) groups excluding carboxylic acids is 1. The zero-order valence-electron chi connectivity index (χ0n) is 11.2. The molecule has 3 N–H and O–H groups in total. The third kappa shape index (κ3) is 2.92. The smallest absolute Gasteiger partial charge is 0.252 e. The maximum Gasteiger partial charge on any atom is 0.252 e. The lowest BCUT2D eigenvalue weighted by Gasteiger charge is -2.15. The molecule has 2 aromatic carbocycles. The van der Waals surface area contributed by atoms with Gasteiger partial charge in [0.1, 0.15) is 0 Å². The first-order valence-corrected chi connectivity index (χ1v) is 7.86. The van der Waals surface area contributed by atoms with E-state index in [9.17, 15) is 4.79 Å². The number of rotatable bonds is 2. The minimum absolute atomic E-state index is 0.0268. The molecule has 3 nitrogen and oxygen atoms in total. The summed E-state index contributed by atoms with van der Waals surface area (Å²) < 4.78 is 0.736. The Bertz CT molecular complexity index is 717. The lowest BCUT2D eigenvalue weighted by molar-refractivity contribution is 0.0936. The highest BCUT2D eigenvalue weighted by Crippen LogP contribution is 2.33. The fourth-order valence-electron chi connectivity index (χ4n) is 2.69. The Kier molecular flexibility index (Phi) is 3.91. The number of nitrogens with one attached hydrogen (secondary N) is 1. The van der Waals surface area contributed by atoms with Gasteiger partial charge in [0.25, 0.3) is 5.91 Å². The van der Waals surface area contributed by atoms with Gasteiger partial charge in [0, 0.05) is 15.2 Å². The van der Waals surface area contributed by atoms with Crippen molar-refractivity contribution >= 4 is 39.1 Å². The molecule has 0 fully saturated rings. The van der Waals surface area contributed by atoms with E-state index < -0.39 is 0 Å². The van der Waals surface area contributed by atoms with E-state index in [0.29, 0.717) is 10.6 Å². The van der Waals surface area contributed by atoms with E-state index in [1.54, 1.807) is 18.2 Å². The summed E-state index contributed by atoms with van der Waals surface area (Å²) in [5.74, 6) is -0.126. The molecule has 2 aromatic rings. The van der Waals surface area contributed by atoms with Crippen LogP contribution in [0.5, 0.6) is 0 Å². The van der Waals surface area contributed by atoms with Gasteiger partial charge < -0.3 is 11.1 Å². The van der Waals surface area contributed by atoms with Crippen LogP contribution in [0.15, 0.2) is 40.9 Å². The van der Waals surface area contributed by atoms with Gasteiger partial charge in [-0.1, -0.05) is 17.7 Å². The lowest BCUT2D eigenvalue weighted by atomic mass is 10.1. The number of halogens is 2. The number of hydrogen-bond donors (Lipinski definition) is 2. The van der Waals surface area contributed by atoms with Crippen LogP contribution in [0.25, 0.3) is 0 Å². The van der Waals surface area contributed by atoms with Crippen LogP contribution in [0.2, 0.25) is 5.02 Å². The van der Waals surface area contributed by atoms with Gasteiger partial charge in [-0.25, -0.2) is 0 Å². The molecule has 5 heteroatoms. The van der Waals surface area contributed by atoms with Gasteiger partial charge >= 0.3 is 0 Å². The lowest BCUT2D eigenvalue weighted by Crippen LogP contribution is -2.27. The quantitative estimate of drug-likeness (QED) is 0.787. The van der Waals surface area contributed by atoms with Crippen LogP contribution in [-0.4, -0.2) is 5.91 Å². The van der Waals surface area contributed by atoms with Crippen molar-refractivity contribution < 1.29 is 4.79 Å². The third-order valence-electron chi connectivity index (χ3n) is 3.72. The molecule has 3 rings (SSSR count). The van der Waals surface area contributed by atoms with Crippen molar-refractivity contribution in [3.8, 4) is 0 Å². The van der Waals surface area contributed by atoms with Crippen molar-refractivity contribution in [3.05, 3.63) is 62.6 Å². The summed E-state index contributed by atoms with van der Waals surface area (Å²) >= 11 is 9.35. The van der Waals surface area contributed by atoms with Gasteiger partial charge in [-0.15, -0.1) is 0 Å². The van der Waals surface area contributed by atoms with Crippen LogP contribution in [-0.2, 0) is 6.42 Å². The molecule has 0 bridgehead atoms. The summed E-state index contributed by atoms with van der Waals surface area (Å²) in [6.07, 6.45) is 1.82. The molecule has 0 spiro atoms. The van der Waals surface area contributed by atoms with Gasteiger partial charge in [0.2, 0.25) is 0 Å². The maximum atomic E-state index is 12.4. The van der Waals surface area contributed by atoms with Crippen LogP contribution in [0, 0.1) is 0 Å². The molecule has 1 aliphatic rings. The van der Waals surface area contributed by atoms with Gasteiger partial charge in [-0.05, 0) is 70.2 Å². The Morgan fingerprint density at radius 2 is 2.10 bits per heavy atom. The Hall–Kier alpha value is -1.52. The predicted molar refractivity (Wildman–Crippen MR) is 88.5 cm³/mol. The van der Waals surface area contributed by atoms with Crippen molar-refractivity contribution in [1.82, 2.24) is 5.32 Å². The number of hydrogen-bond acceptors (Lipinski definition) is 2. The summed E-state index contributed by atoms with van der Waals surface area (Å²) in [5.41, 5.74) is 9.47. The minimum atomic E-state index is -0.126. The van der Waals surface area contributed by atoms with Crippen molar-refractivity contribution in [2.75, 3.05) is 5.73 Å². The number of benzene rings is 2. The average molecular weight is 366 g/mol. The molecule has 0 heterocycles. The number of nitrogens with two attached hydrogens (primary N) is 1. The third-order valence-corrected chi connectivity index (χ3v) is 4.65. The SMILES string of the molecule is Nc1ccc2c(c1)CCC2NC(=O)c1cc(Cl)ccc1Br. The summed E-state index contributed by atoms with van der Waals surface area (Å²) in [6.45, 7) is 0. The molecular formula is C16H14BrClN2O. The van der Waals surface area contributed by atoms with E-state index in [4.69, 9.17) is 17.3 Å². The highest BCUT2D eigenvalue weighted by atomic mass is 79.9. The van der Waals surface area contributed by atoms with Crippen molar-refractivity contribution in [2.45, 2.75) is 18.9 Å². The van der Waals surface area contributed by atoms with E-state index in [0.717, 1.165) is 28.6 Å². The molecule has 1 amide bonds. The van der Waals surface area contributed by atoms with E-state index in [1.165, 1.54) is 5.56 Å². The number of aryl methyl sites for hydroxylation is 1. The Morgan fingerprint density at radius 3 is 2.90 bits per heavy atom. The number of carbonyl (C=O) groups is 1. The summed E-state index contributed by atoms with van der Waals surface area (Å²) in [4.78, 5) is 12.4.